The molecule has 0 aliphatic heterocycles. The van der Waals surface area contributed by atoms with Gasteiger partial charge in [-0.25, -0.2) is 4.79 Å². The summed E-state index contributed by atoms with van der Waals surface area (Å²) in [6.07, 6.45) is 7.39. The maximum Gasteiger partial charge on any atom is 0.328 e. The molecule has 174 valence electrons. The fraction of sp³-hybridized carbons (Fsp3) is 0.360. The Balaban J connectivity index is 1.42. The highest BCUT2D eigenvalue weighted by atomic mass is 16.2. The molecule has 0 amide bonds. The number of benzene rings is 1. The lowest BCUT2D eigenvalue weighted by molar-refractivity contribution is -0.118. The van der Waals surface area contributed by atoms with Crippen LogP contribution in [0.25, 0.3) is 22.5 Å². The van der Waals surface area contributed by atoms with Crippen molar-refractivity contribution in [3.05, 3.63) is 70.7 Å². The highest BCUT2D eigenvalue weighted by molar-refractivity contribution is 5.81. The summed E-state index contributed by atoms with van der Waals surface area (Å²) in [5, 5.41) is 14.3. The van der Waals surface area contributed by atoms with E-state index >= 15 is 0 Å². The first-order valence-corrected chi connectivity index (χ1v) is 11.7. The normalized spacial score (nSPS) is 17.1. The van der Waals surface area contributed by atoms with Gasteiger partial charge in [-0.3, -0.25) is 18.9 Å². The summed E-state index contributed by atoms with van der Waals surface area (Å²) in [7, 11) is 0. The van der Waals surface area contributed by atoms with E-state index in [9.17, 15) is 9.59 Å². The van der Waals surface area contributed by atoms with Crippen LogP contribution in [0.15, 0.2) is 53.6 Å². The summed E-state index contributed by atoms with van der Waals surface area (Å²) < 4.78 is 3.56. The van der Waals surface area contributed by atoms with Crippen molar-refractivity contribution in [1.29, 1.82) is 0 Å². The van der Waals surface area contributed by atoms with E-state index in [0.29, 0.717) is 12.4 Å². The van der Waals surface area contributed by atoms with Crippen LogP contribution in [0.1, 0.15) is 50.5 Å². The number of nitrogens with zero attached hydrogens (tertiary/aromatic N) is 6. The highest BCUT2D eigenvalue weighted by Crippen LogP contribution is 2.43. The number of hydrogen-bond donors (Lipinski definition) is 1. The van der Waals surface area contributed by atoms with E-state index in [1.807, 2.05) is 48.8 Å². The summed E-state index contributed by atoms with van der Waals surface area (Å²) in [6.45, 7) is 4.14. The first-order valence-electron chi connectivity index (χ1n) is 11.7. The second kappa shape index (κ2) is 9.17. The first-order chi connectivity index (χ1) is 16.6. The van der Waals surface area contributed by atoms with Gasteiger partial charge < -0.3 is 0 Å². The molecule has 3 aromatic heterocycles. The van der Waals surface area contributed by atoms with Crippen LogP contribution in [0.5, 0.6) is 0 Å². The number of carbonyl (C=O) groups excluding carboxylic acids is 1. The first kappa shape index (κ1) is 21.9. The number of hydrogen-bond acceptors (Lipinski definition) is 6. The van der Waals surface area contributed by atoms with Crippen molar-refractivity contribution < 1.29 is 4.79 Å². The third-order valence-electron chi connectivity index (χ3n) is 6.48. The standard InChI is InChI=1S/C25H27N7O2/c1-3-4-7-19-15-32(23-12-22(23)16(2)33)25(34)31(19)14-18-11-10-17(13-26-18)20-8-5-6-9-21(20)24-27-29-30-28-24/h5-6,8-11,13,15,22-23H,3-4,7,12,14H2,1-2H3,(H,27,28,29,30). The molecule has 1 aromatic carbocycles. The van der Waals surface area contributed by atoms with E-state index in [2.05, 4.69) is 32.5 Å². The van der Waals surface area contributed by atoms with Gasteiger partial charge in [-0.15, -0.1) is 10.2 Å². The Hall–Kier alpha value is -3.88. The molecule has 0 bridgehead atoms. The average Bonchev–Trinajstić information content (AvgIpc) is 3.34. The summed E-state index contributed by atoms with van der Waals surface area (Å²) in [4.78, 5) is 29.7. The molecule has 2 unspecified atom stereocenters. The van der Waals surface area contributed by atoms with Crippen LogP contribution in [-0.4, -0.2) is 40.5 Å². The van der Waals surface area contributed by atoms with Crippen LogP contribution < -0.4 is 5.69 Å². The second-order valence-corrected chi connectivity index (χ2v) is 8.84. The maximum atomic E-state index is 13.2. The third kappa shape index (κ3) is 4.21. The molecule has 34 heavy (non-hydrogen) atoms. The molecule has 1 fully saturated rings. The number of tetrazole rings is 1. The molecule has 1 aliphatic carbocycles. The lowest BCUT2D eigenvalue weighted by Gasteiger charge is -2.09. The van der Waals surface area contributed by atoms with Gasteiger partial charge in [0, 0.05) is 41.2 Å². The van der Waals surface area contributed by atoms with Gasteiger partial charge in [-0.05, 0) is 43.0 Å². The van der Waals surface area contributed by atoms with E-state index in [1.54, 1.807) is 16.1 Å². The van der Waals surface area contributed by atoms with Crippen molar-refractivity contribution in [1.82, 2.24) is 34.7 Å². The van der Waals surface area contributed by atoms with Gasteiger partial charge in [0.2, 0.25) is 5.82 Å². The minimum absolute atomic E-state index is 0.0106. The Kier molecular flexibility index (Phi) is 5.91. The fourth-order valence-corrected chi connectivity index (χ4v) is 4.48. The molecule has 1 saturated carbocycles. The molecule has 5 rings (SSSR count). The summed E-state index contributed by atoms with van der Waals surface area (Å²) in [6, 6.07) is 11.8. The van der Waals surface area contributed by atoms with E-state index in [-0.39, 0.29) is 23.4 Å². The zero-order valence-corrected chi connectivity index (χ0v) is 19.3. The van der Waals surface area contributed by atoms with E-state index in [4.69, 9.17) is 0 Å². The minimum atomic E-state index is -0.0619. The predicted octanol–water partition coefficient (Wildman–Crippen LogP) is 3.43. The van der Waals surface area contributed by atoms with Crippen LogP contribution in [0.4, 0.5) is 0 Å². The fourth-order valence-electron chi connectivity index (χ4n) is 4.48. The molecule has 9 nitrogen and oxygen atoms in total. The summed E-state index contributed by atoms with van der Waals surface area (Å²) in [5.41, 5.74) is 4.49. The Morgan fingerprint density at radius 2 is 2.00 bits per heavy atom. The molecule has 0 spiro atoms. The van der Waals surface area contributed by atoms with Gasteiger partial charge in [-0.2, -0.15) is 5.21 Å². The average molecular weight is 458 g/mol. The van der Waals surface area contributed by atoms with Crippen molar-refractivity contribution in [2.75, 3.05) is 0 Å². The van der Waals surface area contributed by atoms with Crippen LogP contribution in [0.3, 0.4) is 0 Å². The molecular weight excluding hydrogens is 430 g/mol. The van der Waals surface area contributed by atoms with Gasteiger partial charge in [0.15, 0.2) is 0 Å². The summed E-state index contributed by atoms with van der Waals surface area (Å²) in [5.74, 6) is 0.638. The van der Waals surface area contributed by atoms with Crippen molar-refractivity contribution >= 4 is 5.78 Å². The molecule has 1 N–H and O–H groups in total. The largest absolute Gasteiger partial charge is 0.328 e. The number of aromatic nitrogens is 7. The van der Waals surface area contributed by atoms with E-state index < -0.39 is 0 Å². The lowest BCUT2D eigenvalue weighted by atomic mass is 10.0. The number of aryl methyl sites for hydroxylation is 1. The smallest absolute Gasteiger partial charge is 0.300 e. The Labute approximate surface area is 196 Å². The monoisotopic (exact) mass is 457 g/mol. The number of aromatic amines is 1. The number of H-pyrrole nitrogens is 1. The molecule has 3 heterocycles. The molecule has 1 aliphatic rings. The zero-order valence-electron chi connectivity index (χ0n) is 19.3. The van der Waals surface area contributed by atoms with Crippen molar-refractivity contribution in [2.45, 2.75) is 52.1 Å². The Morgan fingerprint density at radius 1 is 1.18 bits per heavy atom. The topological polar surface area (TPSA) is 111 Å². The summed E-state index contributed by atoms with van der Waals surface area (Å²) >= 11 is 0. The number of ketones is 1. The molecule has 0 radical (unpaired) electrons. The van der Waals surface area contributed by atoms with Gasteiger partial charge in [0.25, 0.3) is 0 Å². The van der Waals surface area contributed by atoms with Crippen molar-refractivity contribution in [2.24, 2.45) is 5.92 Å². The van der Waals surface area contributed by atoms with Crippen LogP contribution >= 0.6 is 0 Å². The van der Waals surface area contributed by atoms with Gasteiger partial charge in [0.1, 0.15) is 5.78 Å². The van der Waals surface area contributed by atoms with Crippen LogP contribution in [0.2, 0.25) is 0 Å². The lowest BCUT2D eigenvalue weighted by Crippen LogP contribution is -2.26. The molecule has 2 atom stereocenters. The minimum Gasteiger partial charge on any atom is -0.300 e. The number of nitrogens with one attached hydrogen (secondary N) is 1. The molecular formula is C25H27N7O2. The number of imidazole rings is 1. The van der Waals surface area contributed by atoms with E-state index in [1.165, 1.54) is 0 Å². The third-order valence-corrected chi connectivity index (χ3v) is 6.48. The Bertz CT molecular complexity index is 1350. The molecule has 9 heteroatoms. The predicted molar refractivity (Wildman–Crippen MR) is 127 cm³/mol. The van der Waals surface area contributed by atoms with Crippen molar-refractivity contribution in [3.8, 4) is 22.5 Å². The van der Waals surface area contributed by atoms with E-state index in [0.717, 1.165) is 53.8 Å². The zero-order chi connectivity index (χ0) is 23.7. The van der Waals surface area contributed by atoms with Crippen LogP contribution in [-0.2, 0) is 17.8 Å². The quantitative estimate of drug-likeness (QED) is 0.412. The number of pyridine rings is 1. The number of carbonyl (C=O) groups is 1. The van der Waals surface area contributed by atoms with Gasteiger partial charge >= 0.3 is 5.69 Å². The molecule has 4 aromatic rings. The van der Waals surface area contributed by atoms with Gasteiger partial charge in [0.05, 0.1) is 12.2 Å². The highest BCUT2D eigenvalue weighted by Gasteiger charge is 2.43. The second-order valence-electron chi connectivity index (χ2n) is 8.84. The van der Waals surface area contributed by atoms with Crippen LogP contribution in [0, 0.1) is 5.92 Å². The SMILES string of the molecule is CCCCc1cn(C2CC2C(C)=O)c(=O)n1Cc1ccc(-c2ccccc2-c2nn[nH]n2)cn1. The number of unbranched alkanes of at least 4 members (excludes halogenated alkanes) is 1. The number of Topliss-reactive ketones (excluding diaryl/α,β-unsaturated/α-hetero) is 1. The van der Waals surface area contributed by atoms with Gasteiger partial charge in [-0.1, -0.05) is 43.7 Å². The Morgan fingerprint density at radius 3 is 2.65 bits per heavy atom. The maximum absolute atomic E-state index is 13.2. The number of rotatable bonds is 9. The van der Waals surface area contributed by atoms with Crippen molar-refractivity contribution in [3.63, 3.8) is 0 Å². The molecule has 0 saturated heterocycles.